The lowest BCUT2D eigenvalue weighted by Gasteiger charge is -2.34. The molecule has 1 radical (unpaired) electrons. The summed E-state index contributed by atoms with van der Waals surface area (Å²) in [7, 11) is 2.39. The Hall–Kier alpha value is 0.0249. The molecule has 1 saturated heterocycles. The Kier molecular flexibility index (Phi) is 1.73. The molecule has 0 atom stereocenters. The predicted molar refractivity (Wildman–Crippen MR) is 44.4 cm³/mol. The van der Waals surface area contributed by atoms with Crippen molar-refractivity contribution in [2.45, 2.75) is 44.0 Å². The summed E-state index contributed by atoms with van der Waals surface area (Å²) in [6, 6.07) is 0. The first-order valence-corrected chi connectivity index (χ1v) is 4.48. The first-order valence-electron chi connectivity index (χ1n) is 4.48. The quantitative estimate of drug-likeness (QED) is 0.496. The maximum atomic E-state index is 3.62. The van der Waals surface area contributed by atoms with Gasteiger partial charge in [-0.15, -0.1) is 0 Å². The maximum absolute atomic E-state index is 3.62. The summed E-state index contributed by atoms with van der Waals surface area (Å²) in [5, 5.41) is 3.62. The highest BCUT2D eigenvalue weighted by Gasteiger charge is 2.34. The Morgan fingerprint density at radius 2 is 1.90 bits per heavy atom. The lowest BCUT2D eigenvalue weighted by molar-refractivity contribution is 0.281. The van der Waals surface area contributed by atoms with Gasteiger partial charge in [0, 0.05) is 5.54 Å². The molecule has 1 aliphatic heterocycles. The predicted octanol–water partition coefficient (Wildman–Crippen LogP) is 1.37. The zero-order chi connectivity index (χ0) is 6.86. The molecule has 2 aliphatic rings. The summed E-state index contributed by atoms with van der Waals surface area (Å²) in [6.07, 6.45) is 9.67. The van der Waals surface area contributed by atoms with Crippen LogP contribution in [0.2, 0.25) is 6.32 Å². The summed E-state index contributed by atoms with van der Waals surface area (Å²) < 4.78 is 0. The topological polar surface area (TPSA) is 12.0 Å². The van der Waals surface area contributed by atoms with E-state index in [-0.39, 0.29) is 0 Å². The van der Waals surface area contributed by atoms with Crippen LogP contribution in [-0.2, 0) is 0 Å². The Balaban J connectivity index is 1.98. The van der Waals surface area contributed by atoms with Gasteiger partial charge in [-0.25, -0.2) is 0 Å². The number of nitrogens with one attached hydrogen (secondary N) is 1. The molecule has 2 fully saturated rings. The van der Waals surface area contributed by atoms with Gasteiger partial charge in [0.2, 0.25) is 0 Å². The SMILES string of the molecule is [B]1CNC2(C1)CCCCC2. The molecule has 0 aromatic carbocycles. The van der Waals surface area contributed by atoms with Crippen molar-refractivity contribution in [1.82, 2.24) is 5.32 Å². The fourth-order valence-electron chi connectivity index (χ4n) is 2.32. The van der Waals surface area contributed by atoms with Crippen LogP contribution < -0.4 is 5.32 Å². The molecule has 1 nitrogen and oxygen atoms in total. The molecule has 2 rings (SSSR count). The first-order chi connectivity index (χ1) is 4.91. The van der Waals surface area contributed by atoms with Crippen molar-refractivity contribution in [3.8, 4) is 0 Å². The van der Waals surface area contributed by atoms with Crippen LogP contribution in [0, 0.1) is 0 Å². The maximum Gasteiger partial charge on any atom is 0.130 e. The van der Waals surface area contributed by atoms with Crippen LogP contribution in [0.4, 0.5) is 0 Å². The molecule has 0 aromatic rings. The van der Waals surface area contributed by atoms with E-state index in [1.54, 1.807) is 0 Å². The molecule has 0 unspecified atom stereocenters. The summed E-state index contributed by atoms with van der Waals surface area (Å²) >= 11 is 0. The number of rotatable bonds is 0. The van der Waals surface area contributed by atoms with Crippen molar-refractivity contribution in [2.24, 2.45) is 0 Å². The molecule has 1 saturated carbocycles. The highest BCUT2D eigenvalue weighted by Crippen LogP contribution is 2.33. The van der Waals surface area contributed by atoms with Gasteiger partial charge >= 0.3 is 0 Å². The van der Waals surface area contributed by atoms with E-state index < -0.39 is 0 Å². The third-order valence-electron chi connectivity index (χ3n) is 2.97. The molecule has 0 aromatic heterocycles. The van der Waals surface area contributed by atoms with Crippen LogP contribution in [-0.4, -0.2) is 19.3 Å². The first kappa shape index (κ1) is 6.72. The zero-order valence-corrected chi connectivity index (χ0v) is 6.53. The van der Waals surface area contributed by atoms with E-state index in [0.29, 0.717) is 5.54 Å². The molecule has 0 amide bonds. The van der Waals surface area contributed by atoms with Crippen molar-refractivity contribution in [3.05, 3.63) is 0 Å². The average molecular weight is 136 g/mol. The van der Waals surface area contributed by atoms with E-state index in [2.05, 4.69) is 12.6 Å². The third kappa shape index (κ3) is 1.09. The Labute approximate surface area is 63.8 Å². The van der Waals surface area contributed by atoms with Gasteiger partial charge in [-0.3, -0.25) is 0 Å². The van der Waals surface area contributed by atoms with Gasteiger partial charge in [0.05, 0.1) is 0 Å². The lowest BCUT2D eigenvalue weighted by atomic mass is 9.68. The van der Waals surface area contributed by atoms with Gasteiger partial charge in [0.15, 0.2) is 0 Å². The van der Waals surface area contributed by atoms with Crippen LogP contribution in [0.5, 0.6) is 0 Å². The van der Waals surface area contributed by atoms with E-state index in [0.717, 1.165) is 6.44 Å². The number of hydrogen-bond acceptors (Lipinski definition) is 1. The molecule has 2 heteroatoms. The molecular formula is C8H15BN. The van der Waals surface area contributed by atoms with Crippen molar-refractivity contribution in [1.29, 1.82) is 0 Å². The summed E-state index contributed by atoms with van der Waals surface area (Å²) in [5.74, 6) is 0. The second-order valence-electron chi connectivity index (χ2n) is 3.71. The van der Waals surface area contributed by atoms with Gasteiger partial charge in [0.25, 0.3) is 0 Å². The average Bonchev–Trinajstić information content (AvgIpc) is 2.39. The second kappa shape index (κ2) is 2.57. The van der Waals surface area contributed by atoms with E-state index in [1.807, 2.05) is 0 Å². The van der Waals surface area contributed by atoms with Crippen LogP contribution in [0.15, 0.2) is 0 Å². The van der Waals surface area contributed by atoms with E-state index in [1.165, 1.54) is 38.4 Å². The molecule has 1 heterocycles. The van der Waals surface area contributed by atoms with Gasteiger partial charge in [-0.05, 0) is 19.3 Å². The van der Waals surface area contributed by atoms with Crippen LogP contribution >= 0.6 is 0 Å². The minimum atomic E-state index is 0.568. The zero-order valence-electron chi connectivity index (χ0n) is 6.53. The summed E-state index contributed by atoms with van der Waals surface area (Å²) in [6.45, 7) is 0. The van der Waals surface area contributed by atoms with Gasteiger partial charge < -0.3 is 5.32 Å². The van der Waals surface area contributed by atoms with Crippen molar-refractivity contribution in [3.63, 3.8) is 0 Å². The Bertz CT molecular complexity index is 110. The minimum Gasteiger partial charge on any atom is -0.320 e. The molecule has 1 N–H and O–H groups in total. The van der Waals surface area contributed by atoms with E-state index in [4.69, 9.17) is 0 Å². The summed E-state index contributed by atoms with van der Waals surface area (Å²) in [4.78, 5) is 0. The molecule has 10 heavy (non-hydrogen) atoms. The van der Waals surface area contributed by atoms with E-state index >= 15 is 0 Å². The molecular weight excluding hydrogens is 121 g/mol. The van der Waals surface area contributed by atoms with Crippen LogP contribution in [0.25, 0.3) is 0 Å². The standard InChI is InChI=1S/C8H15BN/c1-2-4-8(5-3-1)6-9-7-10-8/h10H,1-7H2. The third-order valence-corrected chi connectivity index (χ3v) is 2.97. The fraction of sp³-hybridized carbons (Fsp3) is 1.00. The second-order valence-corrected chi connectivity index (χ2v) is 3.71. The van der Waals surface area contributed by atoms with Crippen LogP contribution in [0.1, 0.15) is 32.1 Å². The van der Waals surface area contributed by atoms with Gasteiger partial charge in [0.1, 0.15) is 7.28 Å². The molecule has 55 valence electrons. The smallest absolute Gasteiger partial charge is 0.130 e. The van der Waals surface area contributed by atoms with Crippen LogP contribution in [0.3, 0.4) is 0 Å². The fourth-order valence-corrected chi connectivity index (χ4v) is 2.32. The van der Waals surface area contributed by atoms with Crippen molar-refractivity contribution >= 4 is 7.28 Å². The monoisotopic (exact) mass is 136 g/mol. The van der Waals surface area contributed by atoms with Gasteiger partial charge in [-0.1, -0.05) is 25.6 Å². The highest BCUT2D eigenvalue weighted by atomic mass is 15.0. The highest BCUT2D eigenvalue weighted by molar-refractivity contribution is 6.37. The Morgan fingerprint density at radius 1 is 1.10 bits per heavy atom. The lowest BCUT2D eigenvalue weighted by Crippen LogP contribution is -2.40. The molecule has 0 bridgehead atoms. The Morgan fingerprint density at radius 3 is 2.50 bits per heavy atom. The number of hydrogen-bond donors (Lipinski definition) is 1. The molecule has 1 aliphatic carbocycles. The summed E-state index contributed by atoms with van der Waals surface area (Å²) in [5.41, 5.74) is 0.568. The largest absolute Gasteiger partial charge is 0.320 e. The minimum absolute atomic E-state index is 0.568. The van der Waals surface area contributed by atoms with Gasteiger partial charge in [-0.2, -0.15) is 0 Å². The normalized spacial score (nSPS) is 30.4. The van der Waals surface area contributed by atoms with Crippen molar-refractivity contribution < 1.29 is 0 Å². The molecule has 1 spiro atoms. The van der Waals surface area contributed by atoms with Crippen molar-refractivity contribution in [2.75, 3.05) is 6.44 Å². The van der Waals surface area contributed by atoms with E-state index in [9.17, 15) is 0 Å².